The molecule has 3 aromatic rings. The lowest BCUT2D eigenvalue weighted by molar-refractivity contribution is -0.127. The summed E-state index contributed by atoms with van der Waals surface area (Å²) in [4.78, 5) is 28.7. The van der Waals surface area contributed by atoms with E-state index in [0.29, 0.717) is 18.4 Å². The van der Waals surface area contributed by atoms with E-state index in [4.69, 9.17) is 14.6 Å². The third kappa shape index (κ3) is 9.02. The van der Waals surface area contributed by atoms with Gasteiger partial charge in [0, 0.05) is 42.0 Å². The van der Waals surface area contributed by atoms with E-state index in [9.17, 15) is 9.59 Å². The molecule has 1 heterocycles. The molecule has 9 heteroatoms. The van der Waals surface area contributed by atoms with E-state index in [1.165, 1.54) is 11.1 Å². The number of methoxy groups -OCH3 is 1. The Bertz CT molecular complexity index is 1470. The number of benzene rings is 2. The summed E-state index contributed by atoms with van der Waals surface area (Å²) in [6, 6.07) is 15.2. The van der Waals surface area contributed by atoms with Crippen LogP contribution >= 0.6 is 0 Å². The number of amides is 2. The highest BCUT2D eigenvalue weighted by molar-refractivity contribution is 5.95. The molecule has 1 aromatic heterocycles. The number of carbonyl (C=O) groups excluding carboxylic acids is 2. The Morgan fingerprint density at radius 1 is 1.02 bits per heavy atom. The largest absolute Gasteiger partial charge is 0.496 e. The number of aliphatic hydroxyl groups excluding tert-OH is 1. The smallest absolute Gasteiger partial charge is 0.246 e. The van der Waals surface area contributed by atoms with E-state index in [-0.39, 0.29) is 49.6 Å². The fraction of sp³-hybridized carbons (Fsp3) is 0.553. The molecule has 2 saturated carbocycles. The third-order valence-corrected chi connectivity index (χ3v) is 9.98. The van der Waals surface area contributed by atoms with E-state index < -0.39 is 0 Å². The summed E-state index contributed by atoms with van der Waals surface area (Å²) in [5.74, 6) is 1.81. The van der Waals surface area contributed by atoms with Crippen molar-refractivity contribution in [1.82, 2.24) is 15.1 Å². The van der Waals surface area contributed by atoms with Gasteiger partial charge in [-0.1, -0.05) is 24.3 Å². The van der Waals surface area contributed by atoms with Crippen LogP contribution in [0.15, 0.2) is 54.9 Å². The summed E-state index contributed by atoms with van der Waals surface area (Å²) in [6.45, 7) is 7.03. The molecule has 2 fully saturated rings. The first kappa shape index (κ1) is 34.6. The Balaban J connectivity index is 1.28. The molecule has 0 spiro atoms. The molecule has 0 radical (unpaired) electrons. The molecular formula is C38H52N4O5. The predicted octanol–water partition coefficient (Wildman–Crippen LogP) is 6.44. The van der Waals surface area contributed by atoms with Gasteiger partial charge in [-0.2, -0.15) is 5.10 Å². The lowest BCUT2D eigenvalue weighted by Gasteiger charge is -2.36. The molecule has 0 atom stereocenters. The van der Waals surface area contributed by atoms with Gasteiger partial charge >= 0.3 is 0 Å². The first-order valence-corrected chi connectivity index (χ1v) is 17.3. The molecule has 9 nitrogen and oxygen atoms in total. The number of nitrogens with zero attached hydrogens (tertiary/aromatic N) is 3. The first-order valence-electron chi connectivity index (χ1n) is 17.3. The van der Waals surface area contributed by atoms with Crippen molar-refractivity contribution < 1.29 is 24.2 Å². The highest BCUT2D eigenvalue weighted by atomic mass is 16.5. The highest BCUT2D eigenvalue weighted by Crippen LogP contribution is 2.39. The van der Waals surface area contributed by atoms with Gasteiger partial charge in [0.25, 0.3) is 0 Å². The summed E-state index contributed by atoms with van der Waals surface area (Å²) in [7, 11) is 1.72. The average Bonchev–Trinajstić information content (AvgIpc) is 3.59. The summed E-state index contributed by atoms with van der Waals surface area (Å²) in [5.41, 5.74) is 5.59. The van der Waals surface area contributed by atoms with Crippen molar-refractivity contribution in [3.63, 3.8) is 0 Å². The van der Waals surface area contributed by atoms with E-state index in [1.54, 1.807) is 7.11 Å². The van der Waals surface area contributed by atoms with Gasteiger partial charge in [0.15, 0.2) is 0 Å². The van der Waals surface area contributed by atoms with Gasteiger partial charge in [0.05, 0.1) is 26.5 Å². The average molecular weight is 645 g/mol. The van der Waals surface area contributed by atoms with Gasteiger partial charge in [0.1, 0.15) is 12.4 Å². The van der Waals surface area contributed by atoms with Crippen LogP contribution in [-0.2, 0) is 14.3 Å². The number of hydrogen-bond acceptors (Lipinski definition) is 6. The SMILES string of the molecule is COc1ccc([C@H]2CC[C@H](CN(c3cccc(-c4cnn(C(C)C)c4)c3)C(=O)[C@H]3CC[C@H](NC(=O)COCCO)CC3)CC2)cc1C. The Morgan fingerprint density at radius 2 is 1.79 bits per heavy atom. The zero-order valence-corrected chi connectivity index (χ0v) is 28.5. The number of aryl methyl sites for hydroxylation is 1. The van der Waals surface area contributed by atoms with Crippen molar-refractivity contribution in [2.24, 2.45) is 11.8 Å². The van der Waals surface area contributed by atoms with Crippen LogP contribution in [0.4, 0.5) is 5.69 Å². The molecule has 2 aliphatic carbocycles. The van der Waals surface area contributed by atoms with E-state index in [1.807, 2.05) is 16.9 Å². The molecule has 2 N–H and O–H groups in total. The summed E-state index contributed by atoms with van der Waals surface area (Å²) >= 11 is 0. The van der Waals surface area contributed by atoms with Gasteiger partial charge < -0.3 is 24.8 Å². The fourth-order valence-electron chi connectivity index (χ4n) is 7.24. The Labute approximate surface area is 279 Å². The van der Waals surface area contributed by atoms with Crippen molar-refractivity contribution in [1.29, 1.82) is 0 Å². The fourth-order valence-corrected chi connectivity index (χ4v) is 7.24. The van der Waals surface area contributed by atoms with Crippen LogP contribution in [-0.4, -0.2) is 66.2 Å². The van der Waals surface area contributed by atoms with Crippen molar-refractivity contribution in [3.05, 3.63) is 66.0 Å². The molecule has 254 valence electrons. The maximum absolute atomic E-state index is 14.4. The lowest BCUT2D eigenvalue weighted by atomic mass is 9.78. The maximum atomic E-state index is 14.4. The Kier molecular flexibility index (Phi) is 12.1. The molecular weight excluding hydrogens is 592 g/mol. The molecule has 0 bridgehead atoms. The second-order valence-corrected chi connectivity index (χ2v) is 13.6. The highest BCUT2D eigenvalue weighted by Gasteiger charge is 2.33. The van der Waals surface area contributed by atoms with Gasteiger partial charge in [-0.3, -0.25) is 14.3 Å². The minimum absolute atomic E-state index is 0.0374. The van der Waals surface area contributed by atoms with Gasteiger partial charge in [-0.25, -0.2) is 0 Å². The second-order valence-electron chi connectivity index (χ2n) is 13.6. The number of hydrogen-bond donors (Lipinski definition) is 2. The van der Waals surface area contributed by atoms with Crippen LogP contribution in [0.3, 0.4) is 0 Å². The standard InChI is InChI=1S/C38H52N4O5/c1-26(2)42-24-33(22-39-42)31-6-5-7-35(21-31)41(38(45)30-12-15-34(16-13-30)40-37(44)25-47-19-18-43)23-28-8-10-29(11-9-28)32-14-17-36(46-4)27(3)20-32/h5-7,14,17,20-22,24,26,28-30,34,43H,8-13,15-16,18-19,23,25H2,1-4H3,(H,40,44)/t28-,29-,30-,34-. The minimum atomic E-state index is -0.173. The molecule has 47 heavy (non-hydrogen) atoms. The zero-order chi connectivity index (χ0) is 33.3. The Hall–Kier alpha value is -3.69. The van der Waals surface area contributed by atoms with Crippen LogP contribution in [0.25, 0.3) is 11.1 Å². The third-order valence-electron chi connectivity index (χ3n) is 9.98. The van der Waals surface area contributed by atoms with Crippen molar-refractivity contribution in [2.45, 2.75) is 90.1 Å². The normalized spacial score (nSPS) is 21.4. The molecule has 2 aromatic carbocycles. The van der Waals surface area contributed by atoms with E-state index in [2.05, 4.69) is 78.7 Å². The maximum Gasteiger partial charge on any atom is 0.246 e. The lowest BCUT2D eigenvalue weighted by Crippen LogP contribution is -2.44. The quantitative estimate of drug-likeness (QED) is 0.208. The van der Waals surface area contributed by atoms with Gasteiger partial charge in [-0.15, -0.1) is 0 Å². The number of nitrogens with one attached hydrogen (secondary N) is 1. The number of ether oxygens (including phenoxy) is 2. The molecule has 0 aliphatic heterocycles. The summed E-state index contributed by atoms with van der Waals surface area (Å²) in [6.07, 6.45) is 11.4. The van der Waals surface area contributed by atoms with Crippen molar-refractivity contribution >= 4 is 17.5 Å². The molecule has 2 amide bonds. The molecule has 5 rings (SSSR count). The summed E-state index contributed by atoms with van der Waals surface area (Å²) < 4.78 is 12.6. The van der Waals surface area contributed by atoms with Crippen molar-refractivity contribution in [2.75, 3.05) is 38.4 Å². The number of rotatable bonds is 13. The van der Waals surface area contributed by atoms with Crippen LogP contribution in [0.1, 0.15) is 88.3 Å². The zero-order valence-electron chi connectivity index (χ0n) is 28.5. The molecule has 2 aliphatic rings. The van der Waals surface area contributed by atoms with Crippen LogP contribution in [0, 0.1) is 18.8 Å². The molecule has 0 saturated heterocycles. The minimum Gasteiger partial charge on any atom is -0.496 e. The van der Waals surface area contributed by atoms with Crippen molar-refractivity contribution in [3.8, 4) is 16.9 Å². The van der Waals surface area contributed by atoms with Crippen LogP contribution < -0.4 is 15.0 Å². The van der Waals surface area contributed by atoms with Gasteiger partial charge in [-0.05, 0) is 119 Å². The summed E-state index contributed by atoms with van der Waals surface area (Å²) in [5, 5.41) is 16.5. The predicted molar refractivity (Wildman–Crippen MR) is 185 cm³/mol. The topological polar surface area (TPSA) is 106 Å². The second kappa shape index (κ2) is 16.4. The first-order chi connectivity index (χ1) is 22.7. The van der Waals surface area contributed by atoms with Crippen LogP contribution in [0.2, 0.25) is 0 Å². The number of carbonyl (C=O) groups is 2. The number of anilines is 1. The van der Waals surface area contributed by atoms with E-state index in [0.717, 1.165) is 73.9 Å². The van der Waals surface area contributed by atoms with Gasteiger partial charge in [0.2, 0.25) is 11.8 Å². The number of aliphatic hydroxyl groups is 1. The van der Waals surface area contributed by atoms with Crippen LogP contribution in [0.5, 0.6) is 5.75 Å². The monoisotopic (exact) mass is 644 g/mol. The van der Waals surface area contributed by atoms with E-state index >= 15 is 0 Å². The number of aromatic nitrogens is 2. The molecule has 0 unspecified atom stereocenters. The Morgan fingerprint density at radius 3 is 2.45 bits per heavy atom.